The number of fused-ring (bicyclic) bond motifs is 1. The van der Waals surface area contributed by atoms with E-state index >= 15 is 0 Å². The Balaban J connectivity index is 2.22. The molecule has 2 heterocycles. The van der Waals surface area contributed by atoms with Crippen LogP contribution in [-0.2, 0) is 7.05 Å². The molecule has 4 heteroatoms. The van der Waals surface area contributed by atoms with Crippen molar-refractivity contribution in [2.75, 3.05) is 0 Å². The zero-order valence-corrected chi connectivity index (χ0v) is 10.3. The molecule has 0 bridgehead atoms. The van der Waals surface area contributed by atoms with Gasteiger partial charge in [-0.3, -0.25) is 9.55 Å². The van der Waals surface area contributed by atoms with Crippen molar-refractivity contribution in [2.24, 2.45) is 7.05 Å². The monoisotopic (exact) mass is 239 g/mol. The Kier molecular flexibility index (Phi) is 2.30. The number of H-pyrrole nitrogens is 1. The molecule has 0 radical (unpaired) electrons. The maximum Gasteiger partial charge on any atom is 0.326 e. The van der Waals surface area contributed by atoms with Crippen molar-refractivity contribution in [1.82, 2.24) is 14.5 Å². The summed E-state index contributed by atoms with van der Waals surface area (Å²) in [7, 11) is 1.76. The summed E-state index contributed by atoms with van der Waals surface area (Å²) in [5.41, 5.74) is 4.73. The molecule has 0 aliphatic rings. The van der Waals surface area contributed by atoms with E-state index in [1.165, 1.54) is 5.56 Å². The predicted molar refractivity (Wildman–Crippen MR) is 71.5 cm³/mol. The van der Waals surface area contributed by atoms with E-state index in [2.05, 4.69) is 9.97 Å². The van der Waals surface area contributed by atoms with Crippen molar-refractivity contribution in [3.8, 4) is 11.3 Å². The van der Waals surface area contributed by atoms with E-state index in [1.54, 1.807) is 17.8 Å². The molecular weight excluding hydrogens is 226 g/mol. The number of aromatic amines is 1. The maximum atomic E-state index is 11.5. The molecule has 2 aromatic heterocycles. The summed E-state index contributed by atoms with van der Waals surface area (Å²) >= 11 is 0. The standard InChI is InChI=1S/C14H13N3O/c1-9-5-6-15-11(7-9)10-3-4-13-12(8-10)16-14(18)17(13)2/h3-8H,1-2H3,(H,16,18). The smallest absolute Gasteiger partial charge is 0.306 e. The first-order valence-corrected chi connectivity index (χ1v) is 5.77. The second-order valence-electron chi connectivity index (χ2n) is 4.44. The molecule has 3 aromatic rings. The number of hydrogen-bond donors (Lipinski definition) is 1. The zero-order valence-electron chi connectivity index (χ0n) is 10.3. The van der Waals surface area contributed by atoms with Crippen LogP contribution >= 0.6 is 0 Å². The largest absolute Gasteiger partial charge is 0.326 e. The number of benzene rings is 1. The van der Waals surface area contributed by atoms with E-state index in [0.29, 0.717) is 0 Å². The molecule has 4 nitrogen and oxygen atoms in total. The van der Waals surface area contributed by atoms with Gasteiger partial charge in [-0.25, -0.2) is 4.79 Å². The minimum absolute atomic E-state index is 0.0978. The second-order valence-corrected chi connectivity index (χ2v) is 4.44. The number of hydrogen-bond acceptors (Lipinski definition) is 2. The van der Waals surface area contributed by atoms with Crippen LogP contribution in [0.5, 0.6) is 0 Å². The highest BCUT2D eigenvalue weighted by Crippen LogP contribution is 2.21. The van der Waals surface area contributed by atoms with Gasteiger partial charge in [0.15, 0.2) is 0 Å². The quantitative estimate of drug-likeness (QED) is 0.708. The van der Waals surface area contributed by atoms with E-state index in [0.717, 1.165) is 22.3 Å². The van der Waals surface area contributed by atoms with Crippen LogP contribution in [0.1, 0.15) is 5.56 Å². The molecule has 18 heavy (non-hydrogen) atoms. The summed E-state index contributed by atoms with van der Waals surface area (Å²) in [5.74, 6) is 0. The third kappa shape index (κ3) is 1.62. The van der Waals surface area contributed by atoms with E-state index in [9.17, 15) is 4.79 Å². The lowest BCUT2D eigenvalue weighted by atomic mass is 10.1. The first-order chi connectivity index (χ1) is 8.65. The van der Waals surface area contributed by atoms with Gasteiger partial charge in [-0.1, -0.05) is 6.07 Å². The van der Waals surface area contributed by atoms with Gasteiger partial charge < -0.3 is 4.98 Å². The molecule has 0 spiro atoms. The molecule has 3 rings (SSSR count). The maximum absolute atomic E-state index is 11.5. The van der Waals surface area contributed by atoms with Crippen LogP contribution in [-0.4, -0.2) is 14.5 Å². The Morgan fingerprint density at radius 3 is 2.83 bits per heavy atom. The Bertz CT molecular complexity index is 783. The topological polar surface area (TPSA) is 50.7 Å². The van der Waals surface area contributed by atoms with Gasteiger partial charge in [0, 0.05) is 18.8 Å². The number of rotatable bonds is 1. The summed E-state index contributed by atoms with van der Waals surface area (Å²) in [4.78, 5) is 18.7. The van der Waals surface area contributed by atoms with Crippen molar-refractivity contribution in [2.45, 2.75) is 6.92 Å². The van der Waals surface area contributed by atoms with Crippen molar-refractivity contribution in [1.29, 1.82) is 0 Å². The normalized spacial score (nSPS) is 11.0. The molecule has 0 saturated carbocycles. The lowest BCUT2D eigenvalue weighted by Gasteiger charge is -2.02. The molecular formula is C14H13N3O. The molecule has 0 saturated heterocycles. The number of aryl methyl sites for hydroxylation is 2. The fourth-order valence-corrected chi connectivity index (χ4v) is 2.09. The minimum Gasteiger partial charge on any atom is -0.306 e. The van der Waals surface area contributed by atoms with Gasteiger partial charge in [-0.05, 0) is 36.8 Å². The van der Waals surface area contributed by atoms with Gasteiger partial charge in [0.25, 0.3) is 0 Å². The van der Waals surface area contributed by atoms with Crippen LogP contribution in [0.2, 0.25) is 0 Å². The number of nitrogens with one attached hydrogen (secondary N) is 1. The molecule has 0 aliphatic carbocycles. The van der Waals surface area contributed by atoms with Crippen molar-refractivity contribution in [3.63, 3.8) is 0 Å². The van der Waals surface area contributed by atoms with Crippen LogP contribution < -0.4 is 5.69 Å². The molecule has 1 N–H and O–H groups in total. The van der Waals surface area contributed by atoms with Crippen molar-refractivity contribution >= 4 is 11.0 Å². The summed E-state index contributed by atoms with van der Waals surface area (Å²) in [6.07, 6.45) is 1.79. The molecule has 0 fully saturated rings. The molecule has 0 unspecified atom stereocenters. The van der Waals surface area contributed by atoms with Crippen molar-refractivity contribution in [3.05, 3.63) is 52.6 Å². The summed E-state index contributed by atoms with van der Waals surface area (Å²) in [6.45, 7) is 2.04. The SMILES string of the molecule is Cc1ccnc(-c2ccc3c(c2)[nH]c(=O)n3C)c1. The van der Waals surface area contributed by atoms with Crippen LogP contribution in [0.3, 0.4) is 0 Å². The highest BCUT2D eigenvalue weighted by Gasteiger charge is 2.05. The number of imidazole rings is 1. The molecule has 0 aliphatic heterocycles. The van der Waals surface area contributed by atoms with E-state index in [1.807, 2.05) is 37.3 Å². The third-order valence-electron chi connectivity index (χ3n) is 3.12. The lowest BCUT2D eigenvalue weighted by molar-refractivity contribution is 0.891. The average molecular weight is 239 g/mol. The average Bonchev–Trinajstić information content (AvgIpc) is 2.65. The number of pyridine rings is 1. The molecule has 0 atom stereocenters. The Morgan fingerprint density at radius 2 is 2.06 bits per heavy atom. The van der Waals surface area contributed by atoms with Crippen LogP contribution in [0.15, 0.2) is 41.3 Å². The zero-order chi connectivity index (χ0) is 12.7. The molecule has 90 valence electrons. The van der Waals surface area contributed by atoms with Gasteiger partial charge in [0.1, 0.15) is 0 Å². The summed E-state index contributed by atoms with van der Waals surface area (Å²) < 4.78 is 1.60. The van der Waals surface area contributed by atoms with Gasteiger partial charge in [-0.15, -0.1) is 0 Å². The van der Waals surface area contributed by atoms with Crippen LogP contribution in [0.25, 0.3) is 22.3 Å². The van der Waals surface area contributed by atoms with Gasteiger partial charge in [0.2, 0.25) is 0 Å². The number of aromatic nitrogens is 3. The Labute approximate surface area is 104 Å². The predicted octanol–water partition coefficient (Wildman–Crippen LogP) is 2.24. The van der Waals surface area contributed by atoms with E-state index < -0.39 is 0 Å². The summed E-state index contributed by atoms with van der Waals surface area (Å²) in [6, 6.07) is 9.87. The fraction of sp³-hybridized carbons (Fsp3) is 0.143. The van der Waals surface area contributed by atoms with Crippen molar-refractivity contribution < 1.29 is 0 Å². The van der Waals surface area contributed by atoms with Gasteiger partial charge >= 0.3 is 5.69 Å². The second kappa shape index (κ2) is 3.84. The number of nitrogens with zero attached hydrogens (tertiary/aromatic N) is 2. The highest BCUT2D eigenvalue weighted by atomic mass is 16.1. The van der Waals surface area contributed by atoms with E-state index in [4.69, 9.17) is 0 Å². The highest BCUT2D eigenvalue weighted by molar-refractivity contribution is 5.81. The first kappa shape index (κ1) is 10.8. The first-order valence-electron chi connectivity index (χ1n) is 5.77. The lowest BCUT2D eigenvalue weighted by Crippen LogP contribution is -2.11. The summed E-state index contributed by atoms with van der Waals surface area (Å²) in [5, 5.41) is 0. The van der Waals surface area contributed by atoms with Crippen LogP contribution in [0, 0.1) is 6.92 Å². The molecule has 1 aromatic carbocycles. The minimum atomic E-state index is -0.0978. The van der Waals surface area contributed by atoms with E-state index in [-0.39, 0.29) is 5.69 Å². The Morgan fingerprint density at radius 1 is 1.22 bits per heavy atom. The molecule has 0 amide bonds. The third-order valence-corrected chi connectivity index (χ3v) is 3.12. The van der Waals surface area contributed by atoms with Gasteiger partial charge in [-0.2, -0.15) is 0 Å². The van der Waals surface area contributed by atoms with Gasteiger partial charge in [0.05, 0.1) is 16.7 Å². The fourth-order valence-electron chi connectivity index (χ4n) is 2.09. The Hall–Kier alpha value is -2.36. The van der Waals surface area contributed by atoms with Crippen LogP contribution in [0.4, 0.5) is 0 Å².